The zero-order chi connectivity index (χ0) is 21.0. The van der Waals surface area contributed by atoms with Gasteiger partial charge in [-0.2, -0.15) is 5.10 Å². The maximum Gasteiger partial charge on any atom is 0.205 e. The summed E-state index contributed by atoms with van der Waals surface area (Å²) < 4.78 is 18.1. The van der Waals surface area contributed by atoms with Crippen LogP contribution in [-0.4, -0.2) is 39.3 Å². The Hall–Kier alpha value is -2.48. The van der Waals surface area contributed by atoms with Crippen molar-refractivity contribution in [2.75, 3.05) is 28.4 Å². The Balaban J connectivity index is 2.13. The number of benzene rings is 2. The van der Waals surface area contributed by atoms with Crippen LogP contribution >= 0.6 is 34.5 Å². The van der Waals surface area contributed by atoms with Gasteiger partial charge in [-0.25, -0.2) is 4.68 Å². The zero-order valence-corrected chi connectivity index (χ0v) is 18.6. The number of nitrogens with zero attached hydrogens (tertiary/aromatic N) is 3. The summed E-state index contributed by atoms with van der Waals surface area (Å²) in [6.45, 7) is 0. The van der Waals surface area contributed by atoms with Crippen LogP contribution in [0.5, 0.6) is 17.2 Å². The van der Waals surface area contributed by atoms with Gasteiger partial charge in [0.1, 0.15) is 0 Å². The van der Waals surface area contributed by atoms with E-state index < -0.39 is 0 Å². The largest absolute Gasteiger partial charge is 0.493 e. The molecule has 1 heterocycles. The van der Waals surface area contributed by atoms with Gasteiger partial charge in [0.2, 0.25) is 10.6 Å². The van der Waals surface area contributed by atoms with Gasteiger partial charge in [-0.1, -0.05) is 29.3 Å². The molecule has 0 bridgehead atoms. The van der Waals surface area contributed by atoms with E-state index >= 15 is 0 Å². The van der Waals surface area contributed by atoms with E-state index in [0.717, 1.165) is 21.6 Å². The molecule has 0 atom stereocenters. The van der Waals surface area contributed by atoms with Crippen LogP contribution in [0, 0.1) is 0 Å². The highest BCUT2D eigenvalue weighted by Crippen LogP contribution is 2.41. The van der Waals surface area contributed by atoms with Gasteiger partial charge in [0.05, 0.1) is 38.3 Å². The molecule has 0 spiro atoms. The molecule has 1 aromatic heterocycles. The zero-order valence-electron chi connectivity index (χ0n) is 16.3. The number of methoxy groups -OCH3 is 3. The summed E-state index contributed by atoms with van der Waals surface area (Å²) in [5, 5.41) is 7.64. The minimum absolute atomic E-state index is 0.515. The highest BCUT2D eigenvalue weighted by atomic mass is 35.5. The second-order valence-electron chi connectivity index (χ2n) is 5.76. The average Bonchev–Trinajstić information content (AvgIpc) is 3.14. The van der Waals surface area contributed by atoms with E-state index in [-0.39, 0.29) is 0 Å². The third kappa shape index (κ3) is 4.42. The Kier molecular flexibility index (Phi) is 6.84. The molecule has 0 aliphatic heterocycles. The van der Waals surface area contributed by atoms with Gasteiger partial charge >= 0.3 is 0 Å². The van der Waals surface area contributed by atoms with Crippen LogP contribution in [0.15, 0.2) is 45.8 Å². The highest BCUT2D eigenvalue weighted by Gasteiger charge is 2.17. The molecule has 0 radical (unpaired) electrons. The fourth-order valence-electron chi connectivity index (χ4n) is 2.72. The summed E-state index contributed by atoms with van der Waals surface area (Å²) in [6.07, 6.45) is 1.67. The van der Waals surface area contributed by atoms with E-state index in [1.807, 2.05) is 23.6 Å². The minimum Gasteiger partial charge on any atom is -0.493 e. The Morgan fingerprint density at radius 3 is 2.24 bits per heavy atom. The van der Waals surface area contributed by atoms with Gasteiger partial charge in [0.25, 0.3) is 0 Å². The highest BCUT2D eigenvalue weighted by molar-refractivity contribution is 7.07. The summed E-state index contributed by atoms with van der Waals surface area (Å²) >= 11 is 13.7. The predicted octanol–water partition coefficient (Wildman–Crippen LogP) is 4.96. The lowest BCUT2D eigenvalue weighted by molar-refractivity contribution is 0.324. The molecular weight excluding hydrogens is 433 g/mol. The first kappa shape index (κ1) is 21.2. The van der Waals surface area contributed by atoms with Crippen molar-refractivity contribution in [2.45, 2.75) is 0 Å². The van der Waals surface area contributed by atoms with Crippen LogP contribution in [-0.2, 0) is 0 Å². The van der Waals surface area contributed by atoms with Gasteiger partial charge in [-0.05, 0) is 24.3 Å². The van der Waals surface area contributed by atoms with Crippen LogP contribution < -0.4 is 19.0 Å². The number of hydrogen-bond donors (Lipinski definition) is 0. The maximum atomic E-state index is 6.26. The van der Waals surface area contributed by atoms with Crippen LogP contribution in [0.1, 0.15) is 5.56 Å². The Morgan fingerprint density at radius 2 is 1.69 bits per heavy atom. The molecule has 0 amide bonds. The van der Waals surface area contributed by atoms with Crippen molar-refractivity contribution in [2.24, 2.45) is 10.1 Å². The lowest BCUT2D eigenvalue weighted by Gasteiger charge is -2.14. The van der Waals surface area contributed by atoms with Crippen molar-refractivity contribution in [3.8, 4) is 28.5 Å². The molecule has 0 aliphatic rings. The van der Waals surface area contributed by atoms with Crippen LogP contribution in [0.2, 0.25) is 10.0 Å². The minimum atomic E-state index is 0.515. The van der Waals surface area contributed by atoms with E-state index in [1.54, 1.807) is 51.4 Å². The van der Waals surface area contributed by atoms with Crippen LogP contribution in [0.4, 0.5) is 0 Å². The van der Waals surface area contributed by atoms with Crippen molar-refractivity contribution in [1.82, 2.24) is 4.68 Å². The summed E-state index contributed by atoms with van der Waals surface area (Å²) in [7, 11) is 6.44. The average molecular weight is 452 g/mol. The number of aromatic nitrogens is 1. The van der Waals surface area contributed by atoms with E-state index in [9.17, 15) is 0 Å². The van der Waals surface area contributed by atoms with Gasteiger partial charge in [0.15, 0.2) is 11.5 Å². The van der Waals surface area contributed by atoms with E-state index in [2.05, 4.69) is 10.1 Å². The standard InChI is InChI=1S/C20H19Cl2N3O3S/c1-23-20-25(24-10-12-5-6-14(21)9-15(12)22)16(11-29-20)13-7-17(26-2)19(28-4)18(8-13)27-3/h5-11H,1-4H3. The number of ether oxygens (including phenoxy) is 3. The quantitative estimate of drug-likeness (QED) is 0.497. The molecule has 2 aromatic carbocycles. The summed E-state index contributed by atoms with van der Waals surface area (Å²) in [5.41, 5.74) is 2.40. The van der Waals surface area contributed by atoms with Crippen molar-refractivity contribution in [1.29, 1.82) is 0 Å². The van der Waals surface area contributed by atoms with E-state index in [0.29, 0.717) is 27.3 Å². The molecule has 0 unspecified atom stereocenters. The Morgan fingerprint density at radius 1 is 1.00 bits per heavy atom. The lowest BCUT2D eigenvalue weighted by atomic mass is 10.1. The van der Waals surface area contributed by atoms with Crippen molar-refractivity contribution >= 4 is 40.8 Å². The van der Waals surface area contributed by atoms with Gasteiger partial charge in [-0.3, -0.25) is 4.99 Å². The Labute approximate surface area is 182 Å². The molecule has 152 valence electrons. The molecule has 0 saturated heterocycles. The molecule has 9 heteroatoms. The predicted molar refractivity (Wildman–Crippen MR) is 118 cm³/mol. The first-order chi connectivity index (χ1) is 14.0. The monoisotopic (exact) mass is 451 g/mol. The van der Waals surface area contributed by atoms with Gasteiger partial charge in [0, 0.05) is 28.6 Å². The van der Waals surface area contributed by atoms with E-state index in [1.165, 1.54) is 11.3 Å². The topological polar surface area (TPSA) is 57.3 Å². The molecule has 3 aromatic rings. The molecular formula is C20H19Cl2N3O3S. The lowest BCUT2D eigenvalue weighted by Crippen LogP contribution is -2.11. The first-order valence-corrected chi connectivity index (χ1v) is 10.1. The third-order valence-corrected chi connectivity index (χ3v) is 5.58. The van der Waals surface area contributed by atoms with E-state index in [4.69, 9.17) is 37.4 Å². The van der Waals surface area contributed by atoms with Crippen LogP contribution in [0.25, 0.3) is 11.3 Å². The number of hydrogen-bond acceptors (Lipinski definition) is 6. The number of rotatable bonds is 6. The van der Waals surface area contributed by atoms with Crippen LogP contribution in [0.3, 0.4) is 0 Å². The number of halogens is 2. The fourth-order valence-corrected chi connectivity index (χ4v) is 3.98. The molecule has 0 aliphatic carbocycles. The Bertz CT molecular complexity index is 1100. The molecule has 6 nitrogen and oxygen atoms in total. The summed E-state index contributed by atoms with van der Waals surface area (Å²) in [6, 6.07) is 8.98. The molecule has 0 N–H and O–H groups in total. The SMILES string of the molecule is CN=c1scc(-c2cc(OC)c(OC)c(OC)c2)n1N=Cc1ccc(Cl)cc1Cl. The van der Waals surface area contributed by atoms with Gasteiger partial charge in [-0.15, -0.1) is 11.3 Å². The second-order valence-corrected chi connectivity index (χ2v) is 7.44. The van der Waals surface area contributed by atoms with Crippen molar-refractivity contribution < 1.29 is 14.2 Å². The van der Waals surface area contributed by atoms with Crippen molar-refractivity contribution in [3.05, 3.63) is 56.1 Å². The van der Waals surface area contributed by atoms with Gasteiger partial charge < -0.3 is 14.2 Å². The maximum absolute atomic E-state index is 6.26. The summed E-state index contributed by atoms with van der Waals surface area (Å²) in [5.74, 6) is 1.64. The normalized spacial score (nSPS) is 11.9. The first-order valence-electron chi connectivity index (χ1n) is 8.45. The molecule has 3 rings (SSSR count). The second kappa shape index (κ2) is 9.35. The summed E-state index contributed by atoms with van der Waals surface area (Å²) in [4.78, 5) is 5.03. The van der Waals surface area contributed by atoms with Crippen molar-refractivity contribution in [3.63, 3.8) is 0 Å². The fraction of sp³-hybridized carbons (Fsp3) is 0.200. The third-order valence-electron chi connectivity index (χ3n) is 4.11. The number of thiazole rings is 1. The molecule has 0 saturated carbocycles. The smallest absolute Gasteiger partial charge is 0.205 e. The molecule has 29 heavy (non-hydrogen) atoms. The molecule has 0 fully saturated rings.